The lowest BCUT2D eigenvalue weighted by Crippen LogP contribution is -2.41. The summed E-state index contributed by atoms with van der Waals surface area (Å²) in [6, 6.07) is 7.63. The summed E-state index contributed by atoms with van der Waals surface area (Å²) in [5, 5.41) is 3.72. The molecule has 1 aliphatic heterocycles. The summed E-state index contributed by atoms with van der Waals surface area (Å²) in [5.41, 5.74) is 1.05. The SMILES string of the molecule is CC1(C)OB(c2ccc(NC(=O)CCCBr)cc2)OC1(C)C. The van der Waals surface area contributed by atoms with Crippen molar-refractivity contribution < 1.29 is 14.1 Å². The second kappa shape index (κ2) is 6.73. The van der Waals surface area contributed by atoms with E-state index in [4.69, 9.17) is 9.31 Å². The topological polar surface area (TPSA) is 47.6 Å². The van der Waals surface area contributed by atoms with Gasteiger partial charge in [-0.1, -0.05) is 28.1 Å². The number of carbonyl (C=O) groups excluding carboxylic acids is 1. The predicted octanol–water partition coefficient (Wildman–Crippen LogP) is 3.10. The summed E-state index contributed by atoms with van der Waals surface area (Å²) < 4.78 is 12.0. The smallest absolute Gasteiger partial charge is 0.399 e. The standard InChI is InChI=1S/C16H23BBrNO3/c1-15(2)16(3,4)22-17(21-15)12-7-9-13(10-8-12)19-14(20)6-5-11-18/h7-10H,5-6,11H2,1-4H3,(H,19,20). The van der Waals surface area contributed by atoms with E-state index in [2.05, 4.69) is 21.2 Å². The van der Waals surface area contributed by atoms with Crippen LogP contribution in [0.2, 0.25) is 0 Å². The number of rotatable bonds is 5. The van der Waals surface area contributed by atoms with Crippen LogP contribution in [-0.2, 0) is 14.1 Å². The average Bonchev–Trinajstić information content (AvgIpc) is 2.66. The molecular weight excluding hydrogens is 345 g/mol. The summed E-state index contributed by atoms with van der Waals surface area (Å²) in [7, 11) is -0.372. The summed E-state index contributed by atoms with van der Waals surface area (Å²) in [6.45, 7) is 8.13. The van der Waals surface area contributed by atoms with Gasteiger partial charge < -0.3 is 14.6 Å². The Kier molecular flexibility index (Phi) is 5.35. The van der Waals surface area contributed by atoms with Gasteiger partial charge in [-0.25, -0.2) is 0 Å². The number of hydrogen-bond donors (Lipinski definition) is 1. The number of anilines is 1. The van der Waals surface area contributed by atoms with Crippen LogP contribution in [0.4, 0.5) is 5.69 Å². The third-order valence-electron chi connectivity index (χ3n) is 4.26. The molecule has 0 spiro atoms. The number of carbonyl (C=O) groups is 1. The van der Waals surface area contributed by atoms with Crippen molar-refractivity contribution in [3.8, 4) is 0 Å². The van der Waals surface area contributed by atoms with Gasteiger partial charge in [0.2, 0.25) is 5.91 Å². The lowest BCUT2D eigenvalue weighted by Gasteiger charge is -2.32. The van der Waals surface area contributed by atoms with E-state index in [1.807, 2.05) is 52.0 Å². The summed E-state index contributed by atoms with van der Waals surface area (Å²) in [5.74, 6) is 0.0304. The predicted molar refractivity (Wildman–Crippen MR) is 93.8 cm³/mol. The molecule has 0 atom stereocenters. The highest BCUT2D eigenvalue weighted by molar-refractivity contribution is 9.09. The van der Waals surface area contributed by atoms with Gasteiger partial charge in [-0.15, -0.1) is 0 Å². The van der Waals surface area contributed by atoms with E-state index in [0.717, 1.165) is 22.9 Å². The van der Waals surface area contributed by atoms with E-state index < -0.39 is 0 Å². The fourth-order valence-corrected chi connectivity index (χ4v) is 2.43. The molecule has 0 radical (unpaired) electrons. The highest BCUT2D eigenvalue weighted by atomic mass is 79.9. The molecule has 120 valence electrons. The molecule has 1 amide bonds. The third-order valence-corrected chi connectivity index (χ3v) is 4.82. The number of hydrogen-bond acceptors (Lipinski definition) is 3. The molecule has 0 aliphatic carbocycles. The first-order valence-corrected chi connectivity index (χ1v) is 8.69. The molecule has 22 heavy (non-hydrogen) atoms. The van der Waals surface area contributed by atoms with Gasteiger partial charge in [0.1, 0.15) is 0 Å². The van der Waals surface area contributed by atoms with Gasteiger partial charge in [-0.2, -0.15) is 0 Å². The number of alkyl halides is 1. The molecule has 0 aromatic heterocycles. The zero-order valence-electron chi connectivity index (χ0n) is 13.6. The van der Waals surface area contributed by atoms with Crippen molar-refractivity contribution in [1.29, 1.82) is 0 Å². The minimum absolute atomic E-state index is 0.0304. The van der Waals surface area contributed by atoms with Crippen LogP contribution in [0.25, 0.3) is 0 Å². The molecule has 1 saturated heterocycles. The van der Waals surface area contributed by atoms with Crippen molar-refractivity contribution in [2.24, 2.45) is 0 Å². The molecule has 0 bridgehead atoms. The van der Waals surface area contributed by atoms with Crippen molar-refractivity contribution in [3.05, 3.63) is 24.3 Å². The van der Waals surface area contributed by atoms with Crippen LogP contribution in [-0.4, -0.2) is 29.6 Å². The Hall–Kier alpha value is -0.845. The van der Waals surface area contributed by atoms with Gasteiger partial charge in [-0.05, 0) is 51.7 Å². The van der Waals surface area contributed by atoms with Crippen molar-refractivity contribution in [1.82, 2.24) is 0 Å². The Labute approximate surface area is 141 Å². The van der Waals surface area contributed by atoms with Gasteiger partial charge in [0.15, 0.2) is 0 Å². The number of benzene rings is 1. The molecule has 1 aromatic carbocycles. The minimum Gasteiger partial charge on any atom is -0.399 e. The van der Waals surface area contributed by atoms with Gasteiger partial charge >= 0.3 is 7.12 Å². The highest BCUT2D eigenvalue weighted by Gasteiger charge is 2.51. The molecule has 6 heteroatoms. The minimum atomic E-state index is -0.372. The van der Waals surface area contributed by atoms with Crippen LogP contribution in [0, 0.1) is 0 Å². The third kappa shape index (κ3) is 3.92. The Bertz CT molecular complexity index is 515. The van der Waals surface area contributed by atoms with E-state index in [1.54, 1.807) is 0 Å². The molecule has 1 aromatic rings. The monoisotopic (exact) mass is 367 g/mol. The summed E-state index contributed by atoms with van der Waals surface area (Å²) in [4.78, 5) is 11.7. The molecule has 0 saturated carbocycles. The zero-order chi connectivity index (χ0) is 16.4. The van der Waals surface area contributed by atoms with Gasteiger partial charge in [0.05, 0.1) is 11.2 Å². The molecule has 0 unspecified atom stereocenters. The fraction of sp³-hybridized carbons (Fsp3) is 0.562. The van der Waals surface area contributed by atoms with Crippen molar-refractivity contribution >= 4 is 40.1 Å². The Balaban J connectivity index is 2.00. The second-order valence-corrected chi connectivity index (χ2v) is 7.34. The maximum Gasteiger partial charge on any atom is 0.494 e. The van der Waals surface area contributed by atoms with Crippen molar-refractivity contribution in [2.45, 2.75) is 51.7 Å². The highest BCUT2D eigenvalue weighted by Crippen LogP contribution is 2.36. The lowest BCUT2D eigenvalue weighted by atomic mass is 9.79. The van der Waals surface area contributed by atoms with E-state index in [0.29, 0.717) is 6.42 Å². The van der Waals surface area contributed by atoms with Gasteiger partial charge in [0.25, 0.3) is 0 Å². The summed E-state index contributed by atoms with van der Waals surface area (Å²) in [6.07, 6.45) is 1.35. The second-order valence-electron chi connectivity index (χ2n) is 6.55. The number of amides is 1. The summed E-state index contributed by atoms with van der Waals surface area (Å²) >= 11 is 3.32. The molecule has 1 fully saturated rings. The molecular formula is C16H23BBrNO3. The first-order chi connectivity index (χ1) is 10.2. The van der Waals surface area contributed by atoms with Crippen LogP contribution in [0.3, 0.4) is 0 Å². The average molecular weight is 368 g/mol. The molecule has 1 N–H and O–H groups in total. The van der Waals surface area contributed by atoms with Crippen LogP contribution in [0.5, 0.6) is 0 Å². The maximum absolute atomic E-state index is 11.7. The molecule has 2 rings (SSSR count). The lowest BCUT2D eigenvalue weighted by molar-refractivity contribution is -0.116. The molecule has 1 heterocycles. The first-order valence-electron chi connectivity index (χ1n) is 7.56. The van der Waals surface area contributed by atoms with Crippen molar-refractivity contribution in [3.63, 3.8) is 0 Å². The zero-order valence-corrected chi connectivity index (χ0v) is 15.2. The van der Waals surface area contributed by atoms with Crippen LogP contribution < -0.4 is 10.8 Å². The van der Waals surface area contributed by atoms with E-state index in [-0.39, 0.29) is 24.2 Å². The Morgan fingerprint density at radius 3 is 2.18 bits per heavy atom. The molecule has 1 aliphatic rings. The Morgan fingerprint density at radius 2 is 1.68 bits per heavy atom. The maximum atomic E-state index is 11.7. The quantitative estimate of drug-likeness (QED) is 0.642. The Morgan fingerprint density at radius 1 is 1.14 bits per heavy atom. The van der Waals surface area contributed by atoms with E-state index in [9.17, 15) is 4.79 Å². The number of halogens is 1. The van der Waals surface area contributed by atoms with Gasteiger partial charge in [-0.3, -0.25) is 4.79 Å². The van der Waals surface area contributed by atoms with Crippen LogP contribution in [0.15, 0.2) is 24.3 Å². The van der Waals surface area contributed by atoms with Crippen molar-refractivity contribution in [2.75, 3.05) is 10.6 Å². The van der Waals surface area contributed by atoms with Gasteiger partial charge in [0, 0.05) is 17.4 Å². The normalized spacial score (nSPS) is 19.2. The van der Waals surface area contributed by atoms with E-state index >= 15 is 0 Å². The van der Waals surface area contributed by atoms with Crippen LogP contribution in [0.1, 0.15) is 40.5 Å². The molecule has 4 nitrogen and oxygen atoms in total. The number of nitrogens with one attached hydrogen (secondary N) is 1. The fourth-order valence-electron chi connectivity index (χ4n) is 2.15. The largest absolute Gasteiger partial charge is 0.494 e. The van der Waals surface area contributed by atoms with E-state index in [1.165, 1.54) is 0 Å². The first kappa shape index (κ1) is 17.5. The van der Waals surface area contributed by atoms with Crippen LogP contribution >= 0.6 is 15.9 Å².